The van der Waals surface area contributed by atoms with Crippen molar-refractivity contribution in [2.24, 2.45) is 12.5 Å². The Morgan fingerprint density at radius 2 is 2.35 bits per heavy atom. The molecule has 1 fully saturated rings. The summed E-state index contributed by atoms with van der Waals surface area (Å²) < 4.78 is 4.71. The van der Waals surface area contributed by atoms with E-state index in [1.54, 1.807) is 18.8 Å². The Kier molecular flexibility index (Phi) is 3.66. The minimum atomic E-state index is -0.110. The molecule has 1 saturated carbocycles. The van der Waals surface area contributed by atoms with Crippen LogP contribution < -0.4 is 0 Å². The predicted molar refractivity (Wildman–Crippen MR) is 63.3 cm³/mol. The average molecular weight is 256 g/mol. The zero-order chi connectivity index (χ0) is 12.3. The van der Waals surface area contributed by atoms with Crippen LogP contribution in [0, 0.1) is 5.41 Å². The van der Waals surface area contributed by atoms with Gasteiger partial charge >= 0.3 is 5.97 Å². The van der Waals surface area contributed by atoms with E-state index in [9.17, 15) is 4.79 Å². The SMILES string of the molecule is COC(=O)CC1(CSCc2nnn(C)n2)CC1. The molecular weight excluding hydrogens is 240 g/mol. The molecule has 7 heteroatoms. The fourth-order valence-corrected chi connectivity index (χ4v) is 2.89. The highest BCUT2D eigenvalue weighted by Crippen LogP contribution is 2.51. The lowest BCUT2D eigenvalue weighted by molar-refractivity contribution is -0.141. The van der Waals surface area contributed by atoms with Crippen molar-refractivity contribution in [3.8, 4) is 0 Å². The Morgan fingerprint density at radius 1 is 1.59 bits per heavy atom. The molecule has 0 radical (unpaired) electrons. The van der Waals surface area contributed by atoms with Crippen molar-refractivity contribution >= 4 is 17.7 Å². The molecule has 2 rings (SSSR count). The normalized spacial score (nSPS) is 16.8. The maximum Gasteiger partial charge on any atom is 0.306 e. The number of ether oxygens (including phenoxy) is 1. The Balaban J connectivity index is 1.73. The minimum absolute atomic E-state index is 0.110. The van der Waals surface area contributed by atoms with Gasteiger partial charge in [0.1, 0.15) is 0 Å². The van der Waals surface area contributed by atoms with Crippen LogP contribution in [-0.2, 0) is 22.3 Å². The van der Waals surface area contributed by atoms with E-state index >= 15 is 0 Å². The molecule has 0 amide bonds. The molecule has 0 aliphatic heterocycles. The molecule has 1 aromatic heterocycles. The number of carbonyl (C=O) groups is 1. The van der Waals surface area contributed by atoms with Crippen LogP contribution in [0.5, 0.6) is 0 Å². The van der Waals surface area contributed by atoms with E-state index in [1.807, 2.05) is 0 Å². The first-order chi connectivity index (χ1) is 8.13. The number of esters is 1. The third kappa shape index (κ3) is 3.42. The summed E-state index contributed by atoms with van der Waals surface area (Å²) >= 11 is 1.76. The second-order valence-electron chi connectivity index (χ2n) is 4.44. The number of aromatic nitrogens is 4. The van der Waals surface area contributed by atoms with Crippen LogP contribution in [0.2, 0.25) is 0 Å². The molecule has 1 aliphatic rings. The number of hydrogen-bond acceptors (Lipinski definition) is 6. The van der Waals surface area contributed by atoms with Crippen LogP contribution in [0.1, 0.15) is 25.1 Å². The maximum atomic E-state index is 11.2. The van der Waals surface area contributed by atoms with Gasteiger partial charge in [0, 0.05) is 0 Å². The second kappa shape index (κ2) is 5.03. The standard InChI is InChI=1S/C10H16N4O2S/c1-14-12-8(11-13-14)6-17-7-10(3-4-10)5-9(15)16-2/h3-7H2,1-2H3. The average Bonchev–Trinajstić information content (AvgIpc) is 2.93. The molecule has 17 heavy (non-hydrogen) atoms. The van der Waals surface area contributed by atoms with E-state index in [0.717, 1.165) is 30.2 Å². The van der Waals surface area contributed by atoms with Gasteiger partial charge in [0.15, 0.2) is 5.82 Å². The van der Waals surface area contributed by atoms with Crippen LogP contribution in [-0.4, -0.2) is 39.0 Å². The van der Waals surface area contributed by atoms with Crippen molar-refractivity contribution in [1.82, 2.24) is 20.2 Å². The Labute approximate surface area is 104 Å². The summed E-state index contributed by atoms with van der Waals surface area (Å²) in [6, 6.07) is 0. The van der Waals surface area contributed by atoms with E-state index in [2.05, 4.69) is 15.4 Å². The van der Waals surface area contributed by atoms with E-state index in [-0.39, 0.29) is 11.4 Å². The Bertz CT molecular complexity index is 403. The van der Waals surface area contributed by atoms with Gasteiger partial charge in [-0.1, -0.05) is 0 Å². The van der Waals surface area contributed by atoms with Gasteiger partial charge in [-0.2, -0.15) is 16.6 Å². The van der Waals surface area contributed by atoms with Crippen LogP contribution in [0.25, 0.3) is 0 Å². The van der Waals surface area contributed by atoms with Gasteiger partial charge < -0.3 is 4.74 Å². The lowest BCUT2D eigenvalue weighted by Crippen LogP contribution is -2.13. The van der Waals surface area contributed by atoms with Gasteiger partial charge in [0.05, 0.1) is 26.3 Å². The molecule has 0 N–H and O–H groups in total. The zero-order valence-electron chi connectivity index (χ0n) is 10.0. The summed E-state index contributed by atoms with van der Waals surface area (Å²) in [5.74, 6) is 2.34. The third-order valence-corrected chi connectivity index (χ3v) is 4.17. The molecule has 1 aromatic rings. The number of carbonyl (C=O) groups excluding carboxylic acids is 1. The van der Waals surface area contributed by atoms with Crippen LogP contribution in [0.15, 0.2) is 0 Å². The van der Waals surface area contributed by atoms with Crippen LogP contribution >= 0.6 is 11.8 Å². The van der Waals surface area contributed by atoms with Gasteiger partial charge in [-0.15, -0.1) is 10.2 Å². The van der Waals surface area contributed by atoms with Gasteiger partial charge in [0.25, 0.3) is 0 Å². The van der Waals surface area contributed by atoms with Crippen LogP contribution in [0.3, 0.4) is 0 Å². The topological polar surface area (TPSA) is 69.9 Å². The number of tetrazole rings is 1. The molecule has 0 atom stereocenters. The fraction of sp³-hybridized carbons (Fsp3) is 0.800. The van der Waals surface area contributed by atoms with Gasteiger partial charge in [-0.3, -0.25) is 4.79 Å². The molecule has 1 heterocycles. The summed E-state index contributed by atoms with van der Waals surface area (Å²) in [4.78, 5) is 12.7. The van der Waals surface area contributed by atoms with E-state index in [0.29, 0.717) is 6.42 Å². The van der Waals surface area contributed by atoms with Gasteiger partial charge in [-0.05, 0) is 29.2 Å². The molecule has 0 bridgehead atoms. The highest BCUT2D eigenvalue weighted by atomic mass is 32.2. The second-order valence-corrected chi connectivity index (χ2v) is 5.43. The number of aryl methyl sites for hydroxylation is 1. The molecule has 0 spiro atoms. The summed E-state index contributed by atoms with van der Waals surface area (Å²) in [5.41, 5.74) is 0.167. The van der Waals surface area contributed by atoms with E-state index in [1.165, 1.54) is 11.9 Å². The monoisotopic (exact) mass is 256 g/mol. The summed E-state index contributed by atoms with van der Waals surface area (Å²) in [5, 5.41) is 11.8. The largest absolute Gasteiger partial charge is 0.469 e. The predicted octanol–water partition coefficient (Wildman–Crippen LogP) is 0.787. The lowest BCUT2D eigenvalue weighted by Gasteiger charge is -2.11. The lowest BCUT2D eigenvalue weighted by atomic mass is 10.1. The molecule has 0 unspecified atom stereocenters. The first kappa shape index (κ1) is 12.3. The number of hydrogen-bond donors (Lipinski definition) is 0. The van der Waals surface area contributed by atoms with E-state index < -0.39 is 0 Å². The van der Waals surface area contributed by atoms with Crippen LogP contribution in [0.4, 0.5) is 0 Å². The minimum Gasteiger partial charge on any atom is -0.469 e. The summed E-state index contributed by atoms with van der Waals surface area (Å²) in [6.07, 6.45) is 2.76. The number of nitrogens with zero attached hydrogens (tertiary/aromatic N) is 4. The third-order valence-electron chi connectivity index (χ3n) is 2.89. The fourth-order valence-electron chi connectivity index (χ4n) is 1.67. The molecule has 0 saturated heterocycles. The zero-order valence-corrected chi connectivity index (χ0v) is 10.9. The van der Waals surface area contributed by atoms with Gasteiger partial charge in [-0.25, -0.2) is 0 Å². The number of methoxy groups -OCH3 is 1. The van der Waals surface area contributed by atoms with Crippen molar-refractivity contribution in [2.45, 2.75) is 25.0 Å². The molecule has 94 valence electrons. The van der Waals surface area contributed by atoms with Crippen molar-refractivity contribution in [3.63, 3.8) is 0 Å². The first-order valence-electron chi connectivity index (χ1n) is 5.51. The van der Waals surface area contributed by atoms with Crippen molar-refractivity contribution in [3.05, 3.63) is 5.82 Å². The quantitative estimate of drug-likeness (QED) is 0.701. The maximum absolute atomic E-state index is 11.2. The smallest absolute Gasteiger partial charge is 0.306 e. The van der Waals surface area contributed by atoms with E-state index in [4.69, 9.17) is 4.74 Å². The van der Waals surface area contributed by atoms with Gasteiger partial charge in [0.2, 0.25) is 0 Å². The van der Waals surface area contributed by atoms with Crippen molar-refractivity contribution < 1.29 is 9.53 Å². The summed E-state index contributed by atoms with van der Waals surface area (Å²) in [7, 11) is 3.19. The Morgan fingerprint density at radius 3 is 2.88 bits per heavy atom. The summed E-state index contributed by atoms with van der Waals surface area (Å²) in [6.45, 7) is 0. The number of rotatable bonds is 6. The highest BCUT2D eigenvalue weighted by Gasteiger charge is 2.44. The number of thioether (sulfide) groups is 1. The van der Waals surface area contributed by atoms with Crippen molar-refractivity contribution in [2.75, 3.05) is 12.9 Å². The Hall–Kier alpha value is -1.11. The molecular formula is C10H16N4O2S. The first-order valence-corrected chi connectivity index (χ1v) is 6.66. The van der Waals surface area contributed by atoms with Crippen molar-refractivity contribution in [1.29, 1.82) is 0 Å². The highest BCUT2D eigenvalue weighted by molar-refractivity contribution is 7.98. The molecule has 1 aliphatic carbocycles. The molecule has 6 nitrogen and oxygen atoms in total. The molecule has 0 aromatic carbocycles.